The van der Waals surface area contributed by atoms with Crippen LogP contribution in [0, 0.1) is 25.2 Å². The Hall–Kier alpha value is -1.10. The first-order valence-electron chi connectivity index (χ1n) is 5.66. The summed E-state index contributed by atoms with van der Waals surface area (Å²) in [5, 5.41) is 17.5. The lowest BCUT2D eigenvalue weighted by atomic mass is 10.2. The van der Waals surface area contributed by atoms with Crippen LogP contribution in [-0.4, -0.2) is 20.9 Å². The summed E-state index contributed by atoms with van der Waals surface area (Å²) in [6.45, 7) is 5.87. The third kappa shape index (κ3) is 3.47. The smallest absolute Gasteiger partial charge is 0.179 e. The monoisotopic (exact) mass is 308 g/mol. The Morgan fingerprint density at radius 1 is 1.32 bits per heavy atom. The number of nitrogens with zero attached hydrogens (tertiary/aromatic N) is 4. The third-order valence-electron chi connectivity index (χ3n) is 2.26. The van der Waals surface area contributed by atoms with Crippen LogP contribution in [0.5, 0.6) is 0 Å². The predicted molar refractivity (Wildman–Crippen MR) is 78.9 cm³/mol. The second kappa shape index (κ2) is 6.37. The minimum absolute atomic E-state index is 0.621. The van der Waals surface area contributed by atoms with Crippen LogP contribution in [0.3, 0.4) is 0 Å². The molecule has 0 saturated heterocycles. The summed E-state index contributed by atoms with van der Waals surface area (Å²) >= 11 is 4.72. The highest BCUT2D eigenvalue weighted by molar-refractivity contribution is 8.03. The van der Waals surface area contributed by atoms with Crippen molar-refractivity contribution < 1.29 is 0 Å². The number of aromatic nitrogens is 3. The van der Waals surface area contributed by atoms with Crippen molar-refractivity contribution in [2.45, 2.75) is 34.3 Å². The van der Waals surface area contributed by atoms with Crippen LogP contribution in [0.1, 0.15) is 23.9 Å². The maximum Gasteiger partial charge on any atom is 0.179 e. The Kier molecular flexibility index (Phi) is 4.80. The topological polar surface area (TPSA) is 62.5 Å². The summed E-state index contributed by atoms with van der Waals surface area (Å²) in [5.41, 5.74) is 2.29. The molecule has 0 atom stereocenters. The van der Waals surface area contributed by atoms with Gasteiger partial charge in [-0.1, -0.05) is 41.8 Å². The van der Waals surface area contributed by atoms with E-state index in [1.807, 2.05) is 19.9 Å². The molecule has 0 aromatic carbocycles. The van der Waals surface area contributed by atoms with Crippen molar-refractivity contribution in [2.24, 2.45) is 0 Å². The molecular formula is C12H12N4S3. The van der Waals surface area contributed by atoms with Gasteiger partial charge in [-0.25, -0.2) is 0 Å². The van der Waals surface area contributed by atoms with Gasteiger partial charge in [0.05, 0.1) is 11.3 Å². The quantitative estimate of drug-likeness (QED) is 0.803. The molecular weight excluding hydrogens is 296 g/mol. The van der Waals surface area contributed by atoms with Crippen molar-refractivity contribution in [1.29, 1.82) is 5.26 Å². The fourth-order valence-corrected chi connectivity index (χ4v) is 4.63. The highest BCUT2D eigenvalue weighted by Gasteiger charge is 2.12. The van der Waals surface area contributed by atoms with Gasteiger partial charge >= 0.3 is 0 Å². The normalized spacial score (nSPS) is 10.4. The third-order valence-corrected chi connectivity index (χ3v) is 5.29. The van der Waals surface area contributed by atoms with Gasteiger partial charge < -0.3 is 0 Å². The largest absolute Gasteiger partial charge is 0.257 e. The molecule has 2 aromatic rings. The van der Waals surface area contributed by atoms with Gasteiger partial charge in [-0.3, -0.25) is 4.98 Å². The van der Waals surface area contributed by atoms with E-state index in [2.05, 4.69) is 28.2 Å². The zero-order valence-electron chi connectivity index (χ0n) is 10.8. The molecule has 0 unspecified atom stereocenters. The summed E-state index contributed by atoms with van der Waals surface area (Å²) in [6, 6.07) is 4.13. The van der Waals surface area contributed by atoms with E-state index in [0.717, 1.165) is 30.7 Å². The van der Waals surface area contributed by atoms with E-state index >= 15 is 0 Å². The minimum atomic E-state index is 0.621. The maximum atomic E-state index is 9.22. The van der Waals surface area contributed by atoms with Crippen LogP contribution in [0.2, 0.25) is 0 Å². The van der Waals surface area contributed by atoms with Crippen LogP contribution in [-0.2, 0) is 0 Å². The molecule has 2 rings (SSSR count). The zero-order chi connectivity index (χ0) is 13.8. The lowest BCUT2D eigenvalue weighted by Crippen LogP contribution is -1.93. The lowest BCUT2D eigenvalue weighted by Gasteiger charge is -2.05. The van der Waals surface area contributed by atoms with Crippen LogP contribution in [0.25, 0.3) is 0 Å². The Bertz CT molecular complexity index is 630. The lowest BCUT2D eigenvalue weighted by molar-refractivity contribution is 0.954. The second-order valence-electron chi connectivity index (χ2n) is 3.70. The molecule has 0 spiro atoms. The van der Waals surface area contributed by atoms with E-state index < -0.39 is 0 Å². The summed E-state index contributed by atoms with van der Waals surface area (Å²) in [4.78, 5) is 5.21. The molecule has 2 aromatic heterocycles. The molecule has 0 aliphatic carbocycles. The molecule has 2 heterocycles. The average molecular weight is 308 g/mol. The zero-order valence-corrected chi connectivity index (χ0v) is 13.2. The van der Waals surface area contributed by atoms with Crippen LogP contribution < -0.4 is 0 Å². The number of rotatable bonds is 4. The van der Waals surface area contributed by atoms with E-state index in [4.69, 9.17) is 0 Å². The Morgan fingerprint density at radius 3 is 2.74 bits per heavy atom. The van der Waals surface area contributed by atoms with Crippen LogP contribution in [0.15, 0.2) is 19.6 Å². The van der Waals surface area contributed by atoms with E-state index in [1.54, 1.807) is 23.1 Å². The van der Waals surface area contributed by atoms with Gasteiger partial charge in [0.15, 0.2) is 8.68 Å². The second-order valence-corrected chi connectivity index (χ2v) is 7.48. The summed E-state index contributed by atoms with van der Waals surface area (Å²) < 4.78 is 1.82. The van der Waals surface area contributed by atoms with Gasteiger partial charge in [-0.05, 0) is 25.7 Å². The molecule has 0 aliphatic heterocycles. The molecule has 0 N–H and O–H groups in total. The van der Waals surface area contributed by atoms with Crippen LogP contribution in [0.4, 0.5) is 0 Å². The molecule has 19 heavy (non-hydrogen) atoms. The average Bonchev–Trinajstić information content (AvgIpc) is 2.76. The molecule has 7 heteroatoms. The number of aryl methyl sites for hydroxylation is 2. The van der Waals surface area contributed by atoms with Crippen molar-refractivity contribution in [3.05, 3.63) is 23.0 Å². The standard InChI is InChI=1S/C12H12N4S3/c1-4-17-11-15-16-12(19-11)18-10-5-7(2)14-8(3)9(10)6-13/h5H,4H2,1-3H3. The molecule has 0 bridgehead atoms. The minimum Gasteiger partial charge on any atom is -0.257 e. The maximum absolute atomic E-state index is 9.22. The highest BCUT2D eigenvalue weighted by atomic mass is 32.2. The molecule has 0 saturated carbocycles. The van der Waals surface area contributed by atoms with E-state index in [9.17, 15) is 5.26 Å². The van der Waals surface area contributed by atoms with Crippen molar-refractivity contribution in [1.82, 2.24) is 15.2 Å². The number of hydrogen-bond donors (Lipinski definition) is 0. The first-order valence-corrected chi connectivity index (χ1v) is 8.28. The van der Waals surface area contributed by atoms with Gasteiger partial charge in [0.2, 0.25) is 0 Å². The molecule has 0 aliphatic rings. The highest BCUT2D eigenvalue weighted by Crippen LogP contribution is 2.35. The van der Waals surface area contributed by atoms with Gasteiger partial charge in [-0.2, -0.15) is 5.26 Å². The molecule has 4 nitrogen and oxygen atoms in total. The van der Waals surface area contributed by atoms with E-state index in [0.29, 0.717) is 5.56 Å². The van der Waals surface area contributed by atoms with Crippen molar-refractivity contribution >= 4 is 34.9 Å². The van der Waals surface area contributed by atoms with Crippen molar-refractivity contribution in [2.75, 3.05) is 5.75 Å². The van der Waals surface area contributed by atoms with Crippen molar-refractivity contribution in [3.8, 4) is 6.07 Å². The predicted octanol–water partition coefficient (Wildman–Crippen LogP) is 3.68. The number of thioether (sulfide) groups is 1. The van der Waals surface area contributed by atoms with Gasteiger partial charge in [0.25, 0.3) is 0 Å². The fraction of sp³-hybridized carbons (Fsp3) is 0.333. The first kappa shape index (κ1) is 14.3. The van der Waals surface area contributed by atoms with E-state index in [-0.39, 0.29) is 0 Å². The molecule has 0 amide bonds. The fourth-order valence-electron chi connectivity index (χ4n) is 1.52. The Morgan fingerprint density at radius 2 is 2.05 bits per heavy atom. The summed E-state index contributed by atoms with van der Waals surface area (Å²) in [7, 11) is 0. The van der Waals surface area contributed by atoms with Gasteiger partial charge in [-0.15, -0.1) is 10.2 Å². The summed E-state index contributed by atoms with van der Waals surface area (Å²) in [6.07, 6.45) is 0. The van der Waals surface area contributed by atoms with Gasteiger partial charge in [0, 0.05) is 10.6 Å². The van der Waals surface area contributed by atoms with E-state index in [1.165, 1.54) is 11.8 Å². The molecule has 0 radical (unpaired) electrons. The Labute approximate surface area is 124 Å². The SMILES string of the molecule is CCSc1nnc(Sc2cc(C)nc(C)c2C#N)s1. The van der Waals surface area contributed by atoms with Crippen molar-refractivity contribution in [3.63, 3.8) is 0 Å². The van der Waals surface area contributed by atoms with Crippen LogP contribution >= 0.6 is 34.9 Å². The molecule has 0 fully saturated rings. The Balaban J connectivity index is 2.29. The van der Waals surface area contributed by atoms with Gasteiger partial charge in [0.1, 0.15) is 6.07 Å². The summed E-state index contributed by atoms with van der Waals surface area (Å²) in [5.74, 6) is 0.982. The first-order chi connectivity index (χ1) is 9.13. The number of pyridine rings is 1. The molecule has 98 valence electrons. The number of nitriles is 1. The number of hydrogen-bond acceptors (Lipinski definition) is 7.